The molecule has 0 unspecified atom stereocenters. The predicted octanol–water partition coefficient (Wildman–Crippen LogP) is 3.63. The van der Waals surface area contributed by atoms with Crippen LogP contribution in [0.1, 0.15) is 43.6 Å². The van der Waals surface area contributed by atoms with Gasteiger partial charge < -0.3 is 14.5 Å². The van der Waals surface area contributed by atoms with Crippen molar-refractivity contribution in [2.75, 3.05) is 0 Å². The molecule has 5 nitrogen and oxygen atoms in total. The van der Waals surface area contributed by atoms with Crippen molar-refractivity contribution >= 4 is 20.2 Å². The number of carbonyl (C=O) groups is 2. The van der Waals surface area contributed by atoms with Crippen LogP contribution in [-0.2, 0) is 14.0 Å². The van der Waals surface area contributed by atoms with Gasteiger partial charge in [-0.1, -0.05) is 38.5 Å². The number of ether oxygens (including phenoxy) is 1. The Kier molecular flexibility index (Phi) is 5.44. The number of hydrogen-bond donors (Lipinski definition) is 1. The van der Waals surface area contributed by atoms with Crippen LogP contribution < -0.4 is 5.32 Å². The average molecular weight is 364 g/mol. The quantitative estimate of drug-likeness (QED) is 0.493. The minimum atomic E-state index is -2.00. The normalized spacial score (nSPS) is 22.0. The summed E-state index contributed by atoms with van der Waals surface area (Å²) < 4.78 is 11.8. The Bertz CT molecular complexity index is 648. The molecular formula is C19H29NO4Si. The maximum atomic E-state index is 12.3. The van der Waals surface area contributed by atoms with E-state index in [0.717, 1.165) is 5.56 Å². The summed E-state index contributed by atoms with van der Waals surface area (Å²) in [6.45, 7) is 14.6. The van der Waals surface area contributed by atoms with Crippen LogP contribution in [0.2, 0.25) is 18.1 Å². The number of nitrogens with one attached hydrogen (secondary N) is 1. The van der Waals surface area contributed by atoms with E-state index < -0.39 is 26.4 Å². The van der Waals surface area contributed by atoms with Crippen molar-refractivity contribution in [2.45, 2.75) is 65.1 Å². The van der Waals surface area contributed by atoms with Gasteiger partial charge in [-0.15, -0.1) is 0 Å². The second-order valence-corrected chi connectivity index (χ2v) is 13.1. The summed E-state index contributed by atoms with van der Waals surface area (Å²) in [4.78, 5) is 24.3. The molecule has 1 N–H and O–H groups in total. The fourth-order valence-corrected chi connectivity index (χ4v) is 3.95. The Balaban J connectivity index is 2.02. The molecule has 6 heteroatoms. The fourth-order valence-electron chi connectivity index (χ4n) is 2.52. The van der Waals surface area contributed by atoms with Crippen LogP contribution in [0.3, 0.4) is 0 Å². The molecule has 2 rings (SSSR count). The van der Waals surface area contributed by atoms with Gasteiger partial charge in [0.1, 0.15) is 5.92 Å². The molecule has 0 aromatic heterocycles. The monoisotopic (exact) mass is 363 g/mol. The Morgan fingerprint density at radius 2 is 1.76 bits per heavy atom. The van der Waals surface area contributed by atoms with Gasteiger partial charge in [-0.3, -0.25) is 4.79 Å². The second kappa shape index (κ2) is 6.92. The van der Waals surface area contributed by atoms with E-state index in [1.54, 1.807) is 12.1 Å². The number of esters is 1. The van der Waals surface area contributed by atoms with Crippen molar-refractivity contribution in [3.8, 4) is 0 Å². The molecular weight excluding hydrogens is 334 g/mol. The van der Waals surface area contributed by atoms with Crippen molar-refractivity contribution in [2.24, 2.45) is 5.92 Å². The Morgan fingerprint density at radius 1 is 1.20 bits per heavy atom. The highest BCUT2D eigenvalue weighted by Gasteiger charge is 2.49. The fraction of sp³-hybridized carbons (Fsp3) is 0.579. The van der Waals surface area contributed by atoms with Crippen molar-refractivity contribution < 1.29 is 18.8 Å². The average Bonchev–Trinajstić information content (AvgIpc) is 2.45. The maximum Gasteiger partial charge on any atom is 0.340 e. The van der Waals surface area contributed by atoms with Gasteiger partial charge >= 0.3 is 5.97 Å². The molecule has 1 aliphatic heterocycles. The molecule has 1 saturated heterocycles. The van der Waals surface area contributed by atoms with E-state index >= 15 is 0 Å². The van der Waals surface area contributed by atoms with Gasteiger partial charge in [0.15, 0.2) is 14.5 Å². The molecule has 0 bridgehead atoms. The van der Waals surface area contributed by atoms with Gasteiger partial charge in [0.2, 0.25) is 5.91 Å². The lowest BCUT2D eigenvalue weighted by atomic mass is 9.93. The molecule has 1 fully saturated rings. The summed E-state index contributed by atoms with van der Waals surface area (Å²) in [6, 6.07) is 7.17. The molecule has 3 atom stereocenters. The molecule has 0 aliphatic carbocycles. The van der Waals surface area contributed by atoms with Gasteiger partial charge in [0.05, 0.1) is 11.7 Å². The summed E-state index contributed by atoms with van der Waals surface area (Å²) in [5, 5.41) is 2.71. The van der Waals surface area contributed by atoms with E-state index in [0.29, 0.717) is 5.56 Å². The van der Waals surface area contributed by atoms with Crippen molar-refractivity contribution in [3.63, 3.8) is 0 Å². The lowest BCUT2D eigenvalue weighted by molar-refractivity contribution is -0.154. The smallest absolute Gasteiger partial charge is 0.340 e. The molecule has 1 heterocycles. The largest absolute Gasteiger partial charge is 0.437 e. The predicted molar refractivity (Wildman–Crippen MR) is 99.8 cm³/mol. The zero-order chi connectivity index (χ0) is 19.0. The number of hydrogen-bond acceptors (Lipinski definition) is 4. The van der Waals surface area contributed by atoms with Crippen molar-refractivity contribution in [3.05, 3.63) is 35.4 Å². The highest BCUT2D eigenvalue weighted by molar-refractivity contribution is 6.74. The van der Waals surface area contributed by atoms with E-state index in [9.17, 15) is 9.59 Å². The third-order valence-corrected chi connectivity index (χ3v) is 9.80. The van der Waals surface area contributed by atoms with E-state index in [4.69, 9.17) is 9.16 Å². The summed E-state index contributed by atoms with van der Waals surface area (Å²) in [6.07, 6.45) is -0.938. The number of β-lactam (4-membered cyclic amide) rings is 1. The highest BCUT2D eigenvalue weighted by atomic mass is 28.4. The van der Waals surface area contributed by atoms with E-state index in [1.807, 2.05) is 26.0 Å². The number of rotatable bonds is 5. The van der Waals surface area contributed by atoms with Crippen LogP contribution in [-0.4, -0.2) is 32.5 Å². The van der Waals surface area contributed by atoms with Crippen molar-refractivity contribution in [1.29, 1.82) is 0 Å². The van der Waals surface area contributed by atoms with Gasteiger partial charge in [-0.25, -0.2) is 4.79 Å². The van der Waals surface area contributed by atoms with E-state index in [2.05, 4.69) is 39.2 Å². The third-order valence-electron chi connectivity index (χ3n) is 5.23. The molecule has 1 amide bonds. The number of carbonyl (C=O) groups excluding carboxylic acids is 2. The molecule has 138 valence electrons. The summed E-state index contributed by atoms with van der Waals surface area (Å²) in [5.74, 6) is -1.04. The summed E-state index contributed by atoms with van der Waals surface area (Å²) in [7, 11) is -2.00. The summed E-state index contributed by atoms with van der Waals surface area (Å²) in [5.41, 5.74) is 1.55. The van der Waals surface area contributed by atoms with Gasteiger partial charge in [0.25, 0.3) is 0 Å². The first kappa shape index (κ1) is 19.7. The lowest BCUT2D eigenvalue weighted by Gasteiger charge is -2.44. The number of benzene rings is 1. The summed E-state index contributed by atoms with van der Waals surface area (Å²) >= 11 is 0. The maximum absolute atomic E-state index is 12.3. The van der Waals surface area contributed by atoms with Crippen LogP contribution >= 0.6 is 0 Å². The first-order valence-electron chi connectivity index (χ1n) is 8.68. The molecule has 0 spiro atoms. The van der Waals surface area contributed by atoms with Crippen LogP contribution in [0.15, 0.2) is 24.3 Å². The minimum absolute atomic E-state index is 0.0511. The lowest BCUT2D eigenvalue weighted by Crippen LogP contribution is -2.65. The third kappa shape index (κ3) is 4.30. The zero-order valence-electron chi connectivity index (χ0n) is 16.2. The number of amides is 1. The minimum Gasteiger partial charge on any atom is -0.437 e. The van der Waals surface area contributed by atoms with Gasteiger partial charge in [-0.05, 0) is 44.1 Å². The standard InChI is InChI=1S/C19H29NO4Si/c1-12-8-10-14(11-9-12)18(22)23-17-15(16(21)20-17)13(2)24-25(6,7)19(3,4)5/h8-11,13,15,17H,1-7H3,(H,20,21)/t13-,15-,17-/m1/s1. The SMILES string of the molecule is Cc1ccc(C(=O)O[C@H]2NC(=O)[C@H]2[C@@H](C)O[Si](C)(C)C(C)(C)C)cc1. The topological polar surface area (TPSA) is 64.6 Å². The van der Waals surface area contributed by atoms with Crippen LogP contribution in [0, 0.1) is 12.8 Å². The first-order valence-corrected chi connectivity index (χ1v) is 11.6. The Labute approximate surface area is 151 Å². The Hall–Kier alpha value is -1.66. The Morgan fingerprint density at radius 3 is 2.24 bits per heavy atom. The second-order valence-electron chi connectivity index (χ2n) is 8.31. The van der Waals surface area contributed by atoms with E-state index in [-0.39, 0.29) is 17.0 Å². The molecule has 0 radical (unpaired) electrons. The number of aryl methyl sites for hydroxylation is 1. The molecule has 25 heavy (non-hydrogen) atoms. The van der Waals surface area contributed by atoms with Crippen LogP contribution in [0.4, 0.5) is 0 Å². The highest BCUT2D eigenvalue weighted by Crippen LogP contribution is 2.39. The van der Waals surface area contributed by atoms with E-state index in [1.165, 1.54) is 0 Å². The first-order chi connectivity index (χ1) is 11.4. The van der Waals surface area contributed by atoms with Gasteiger partial charge in [0, 0.05) is 0 Å². The van der Waals surface area contributed by atoms with Crippen LogP contribution in [0.25, 0.3) is 0 Å². The molecule has 0 saturated carbocycles. The molecule has 1 aliphatic rings. The van der Waals surface area contributed by atoms with Gasteiger partial charge in [-0.2, -0.15) is 0 Å². The van der Waals surface area contributed by atoms with Crippen LogP contribution in [0.5, 0.6) is 0 Å². The molecule has 1 aromatic carbocycles. The molecule has 1 aromatic rings. The van der Waals surface area contributed by atoms with Crippen molar-refractivity contribution in [1.82, 2.24) is 5.32 Å². The zero-order valence-corrected chi connectivity index (χ0v) is 17.2.